The Balaban J connectivity index is 1.55. The van der Waals surface area contributed by atoms with Gasteiger partial charge in [-0.15, -0.1) is 0 Å². The molecule has 0 atom stereocenters. The van der Waals surface area contributed by atoms with E-state index in [9.17, 15) is 4.39 Å². The van der Waals surface area contributed by atoms with Gasteiger partial charge in [-0.05, 0) is 30.9 Å². The normalized spacial score (nSPS) is 20.1. The van der Waals surface area contributed by atoms with E-state index in [1.165, 1.54) is 31.8 Å². The number of benzene rings is 1. The van der Waals surface area contributed by atoms with E-state index < -0.39 is 0 Å². The molecule has 0 bridgehead atoms. The number of rotatable bonds is 3. The minimum absolute atomic E-state index is 0.275. The average Bonchev–Trinajstić information content (AvgIpc) is 3.32. The summed E-state index contributed by atoms with van der Waals surface area (Å²) in [7, 11) is 0. The van der Waals surface area contributed by atoms with Crippen molar-refractivity contribution in [3.05, 3.63) is 30.3 Å². The number of aromatic nitrogens is 2. The van der Waals surface area contributed by atoms with E-state index >= 15 is 0 Å². The van der Waals surface area contributed by atoms with E-state index in [4.69, 9.17) is 0 Å². The molecule has 5 heteroatoms. The van der Waals surface area contributed by atoms with Crippen LogP contribution in [0.1, 0.15) is 12.8 Å². The van der Waals surface area contributed by atoms with Crippen LogP contribution in [0.3, 0.4) is 0 Å². The van der Waals surface area contributed by atoms with Crippen molar-refractivity contribution in [1.29, 1.82) is 0 Å². The number of fused-ring (bicyclic) bond motifs is 1. The van der Waals surface area contributed by atoms with Crippen molar-refractivity contribution >= 4 is 16.7 Å². The first-order valence-corrected chi connectivity index (χ1v) is 7.68. The van der Waals surface area contributed by atoms with Crippen molar-refractivity contribution < 1.29 is 4.39 Å². The van der Waals surface area contributed by atoms with Gasteiger partial charge in [0.25, 0.3) is 0 Å². The lowest BCUT2D eigenvalue weighted by molar-refractivity contribution is 0.248. The summed E-state index contributed by atoms with van der Waals surface area (Å²) in [6.07, 6.45) is 4.27. The molecule has 4 nitrogen and oxygen atoms in total. The molecule has 2 aliphatic rings. The Morgan fingerprint density at radius 1 is 1.10 bits per heavy atom. The third kappa shape index (κ3) is 2.58. The summed E-state index contributed by atoms with van der Waals surface area (Å²) in [5.74, 6) is 1.53. The minimum Gasteiger partial charge on any atom is -0.353 e. The lowest BCUT2D eigenvalue weighted by Gasteiger charge is -2.35. The van der Waals surface area contributed by atoms with E-state index in [-0.39, 0.29) is 5.82 Å². The topological polar surface area (TPSA) is 32.3 Å². The molecule has 110 valence electrons. The van der Waals surface area contributed by atoms with Gasteiger partial charge in [-0.25, -0.2) is 14.4 Å². The molecule has 2 heterocycles. The van der Waals surface area contributed by atoms with Crippen LogP contribution in [0.15, 0.2) is 24.5 Å². The molecule has 0 radical (unpaired) electrons. The van der Waals surface area contributed by atoms with E-state index in [1.54, 1.807) is 6.07 Å². The van der Waals surface area contributed by atoms with Crippen molar-refractivity contribution in [2.75, 3.05) is 37.6 Å². The Hall–Kier alpha value is -1.75. The maximum absolute atomic E-state index is 13.8. The zero-order chi connectivity index (χ0) is 14.2. The van der Waals surface area contributed by atoms with Crippen LogP contribution in [0.4, 0.5) is 10.2 Å². The molecule has 1 saturated heterocycles. The summed E-state index contributed by atoms with van der Waals surface area (Å²) in [6, 6.07) is 5.09. The van der Waals surface area contributed by atoms with Gasteiger partial charge < -0.3 is 4.90 Å². The maximum Gasteiger partial charge on any atom is 0.149 e. The first-order chi connectivity index (χ1) is 10.3. The SMILES string of the molecule is Fc1cccc2c(N3CCN(CC4CC4)CC3)ncnc12. The van der Waals surface area contributed by atoms with Crippen LogP contribution in [0.2, 0.25) is 0 Å². The highest BCUT2D eigenvalue weighted by atomic mass is 19.1. The lowest BCUT2D eigenvalue weighted by Crippen LogP contribution is -2.47. The van der Waals surface area contributed by atoms with Crippen LogP contribution < -0.4 is 4.90 Å². The molecule has 2 aromatic rings. The molecule has 4 rings (SSSR count). The van der Waals surface area contributed by atoms with Gasteiger partial charge in [0.2, 0.25) is 0 Å². The number of hydrogen-bond acceptors (Lipinski definition) is 4. The van der Waals surface area contributed by atoms with Gasteiger partial charge in [-0.3, -0.25) is 4.90 Å². The first kappa shape index (κ1) is 13.0. The van der Waals surface area contributed by atoms with Crippen LogP contribution >= 0.6 is 0 Å². The highest BCUT2D eigenvalue weighted by molar-refractivity contribution is 5.89. The number of halogens is 1. The summed E-state index contributed by atoms with van der Waals surface area (Å²) in [5.41, 5.74) is 0.419. The Bertz CT molecular complexity index is 648. The molecule has 0 N–H and O–H groups in total. The fourth-order valence-corrected chi connectivity index (χ4v) is 3.10. The molecule has 0 amide bonds. The van der Waals surface area contributed by atoms with Gasteiger partial charge in [0.15, 0.2) is 0 Å². The van der Waals surface area contributed by atoms with Gasteiger partial charge in [-0.1, -0.05) is 6.07 Å². The van der Waals surface area contributed by atoms with Crippen LogP contribution in [-0.2, 0) is 0 Å². The molecule has 1 aliphatic carbocycles. The maximum atomic E-state index is 13.8. The van der Waals surface area contributed by atoms with Gasteiger partial charge in [0.1, 0.15) is 23.5 Å². The Labute approximate surface area is 123 Å². The van der Waals surface area contributed by atoms with Crippen LogP contribution in [0.5, 0.6) is 0 Å². The molecule has 1 aromatic heterocycles. The van der Waals surface area contributed by atoms with E-state index in [2.05, 4.69) is 19.8 Å². The molecule has 21 heavy (non-hydrogen) atoms. The predicted molar refractivity (Wildman–Crippen MR) is 80.9 cm³/mol. The van der Waals surface area contributed by atoms with Gasteiger partial charge in [0.05, 0.1) is 0 Å². The third-order valence-corrected chi connectivity index (χ3v) is 4.48. The highest BCUT2D eigenvalue weighted by Crippen LogP contribution is 2.30. The Morgan fingerprint density at radius 3 is 2.67 bits per heavy atom. The van der Waals surface area contributed by atoms with Crippen molar-refractivity contribution in [2.45, 2.75) is 12.8 Å². The summed E-state index contributed by atoms with van der Waals surface area (Å²) in [6.45, 7) is 5.28. The van der Waals surface area contributed by atoms with Crippen molar-refractivity contribution in [3.8, 4) is 0 Å². The van der Waals surface area contributed by atoms with E-state index in [0.29, 0.717) is 5.52 Å². The second kappa shape index (κ2) is 5.22. The molecule has 1 saturated carbocycles. The number of anilines is 1. The van der Waals surface area contributed by atoms with Crippen molar-refractivity contribution in [3.63, 3.8) is 0 Å². The monoisotopic (exact) mass is 286 g/mol. The summed E-state index contributed by atoms with van der Waals surface area (Å²) < 4.78 is 13.8. The van der Waals surface area contributed by atoms with Crippen molar-refractivity contribution in [1.82, 2.24) is 14.9 Å². The molecule has 1 aromatic carbocycles. The van der Waals surface area contributed by atoms with Crippen LogP contribution in [0, 0.1) is 11.7 Å². The number of hydrogen-bond donors (Lipinski definition) is 0. The van der Waals surface area contributed by atoms with Crippen LogP contribution in [-0.4, -0.2) is 47.6 Å². The lowest BCUT2D eigenvalue weighted by atomic mass is 10.2. The van der Waals surface area contributed by atoms with Crippen LogP contribution in [0.25, 0.3) is 10.9 Å². The Kier molecular flexibility index (Phi) is 3.22. The van der Waals surface area contributed by atoms with Gasteiger partial charge in [0, 0.05) is 38.1 Å². The quantitative estimate of drug-likeness (QED) is 0.866. The zero-order valence-corrected chi connectivity index (χ0v) is 12.0. The van der Waals surface area contributed by atoms with Gasteiger partial charge in [-0.2, -0.15) is 0 Å². The zero-order valence-electron chi connectivity index (χ0n) is 12.0. The summed E-state index contributed by atoms with van der Waals surface area (Å²) >= 11 is 0. The molecule has 0 spiro atoms. The van der Waals surface area contributed by atoms with Crippen molar-refractivity contribution in [2.24, 2.45) is 5.92 Å². The first-order valence-electron chi connectivity index (χ1n) is 7.68. The number of nitrogens with zero attached hydrogens (tertiary/aromatic N) is 4. The predicted octanol–water partition coefficient (Wildman–Crippen LogP) is 2.30. The van der Waals surface area contributed by atoms with E-state index in [0.717, 1.165) is 43.3 Å². The molecule has 1 aliphatic heterocycles. The fourth-order valence-electron chi connectivity index (χ4n) is 3.10. The van der Waals surface area contributed by atoms with E-state index in [1.807, 2.05) is 6.07 Å². The summed E-state index contributed by atoms with van der Waals surface area (Å²) in [5, 5.41) is 0.813. The fraction of sp³-hybridized carbons (Fsp3) is 0.500. The minimum atomic E-state index is -0.275. The second-order valence-electron chi connectivity index (χ2n) is 6.06. The standard InChI is InChI=1S/C16H19FN4/c17-14-3-1-2-13-15(14)18-11-19-16(13)21-8-6-20(7-9-21)10-12-4-5-12/h1-3,11-12H,4-10H2. The highest BCUT2D eigenvalue weighted by Gasteiger charge is 2.27. The Morgan fingerprint density at radius 2 is 1.90 bits per heavy atom. The number of para-hydroxylation sites is 1. The summed E-state index contributed by atoms with van der Waals surface area (Å²) in [4.78, 5) is 13.3. The molecular weight excluding hydrogens is 267 g/mol. The average molecular weight is 286 g/mol. The molecular formula is C16H19FN4. The number of piperazine rings is 1. The molecule has 2 fully saturated rings. The molecule has 0 unspecified atom stereocenters. The van der Waals surface area contributed by atoms with Gasteiger partial charge >= 0.3 is 0 Å². The largest absolute Gasteiger partial charge is 0.353 e. The second-order valence-corrected chi connectivity index (χ2v) is 6.06. The third-order valence-electron chi connectivity index (χ3n) is 4.48. The smallest absolute Gasteiger partial charge is 0.149 e.